The van der Waals surface area contributed by atoms with E-state index < -0.39 is 5.79 Å². The molecule has 2 spiro atoms. The average Bonchev–Trinajstić information content (AvgIpc) is 3.23. The first kappa shape index (κ1) is 21.6. The van der Waals surface area contributed by atoms with Crippen LogP contribution in [0.5, 0.6) is 0 Å². The van der Waals surface area contributed by atoms with Gasteiger partial charge in [-0.2, -0.15) is 0 Å². The van der Waals surface area contributed by atoms with Crippen LogP contribution in [-0.2, 0) is 23.8 Å². The number of ketones is 1. The minimum Gasteiger partial charge on any atom is -0.469 e. The van der Waals surface area contributed by atoms with Crippen molar-refractivity contribution in [1.29, 1.82) is 0 Å². The maximum absolute atomic E-state index is 13.1. The molecule has 0 unspecified atom stereocenters. The lowest BCUT2D eigenvalue weighted by atomic mass is 9.50. The van der Waals surface area contributed by atoms with Gasteiger partial charge in [-0.1, -0.05) is 12.5 Å². The molecule has 0 N–H and O–H groups in total. The van der Waals surface area contributed by atoms with Gasteiger partial charge in [0.2, 0.25) is 0 Å². The Bertz CT molecular complexity index is 811. The number of carbonyl (C=O) groups excluding carboxylic acids is 2. The summed E-state index contributed by atoms with van der Waals surface area (Å²) in [7, 11) is 3.68. The smallest absolute Gasteiger partial charge is 0.309 e. The number of carbonyl (C=O) groups is 2. The molecule has 2 aliphatic heterocycles. The summed E-state index contributed by atoms with van der Waals surface area (Å²) in [5.41, 5.74) is 2.13. The van der Waals surface area contributed by atoms with E-state index in [-0.39, 0.29) is 34.4 Å². The van der Waals surface area contributed by atoms with Gasteiger partial charge in [0.15, 0.2) is 11.6 Å². The third-order valence-corrected chi connectivity index (χ3v) is 9.55. The first-order valence-electron chi connectivity index (χ1n) is 12.2. The second kappa shape index (κ2) is 7.39. The van der Waals surface area contributed by atoms with Crippen LogP contribution in [0.25, 0.3) is 0 Å². The highest BCUT2D eigenvalue weighted by Gasteiger charge is 2.70. The molecular formula is C25H37NO5. The molecule has 0 aromatic rings. The zero-order valence-corrected chi connectivity index (χ0v) is 19.5. The molecule has 0 amide bonds. The summed E-state index contributed by atoms with van der Waals surface area (Å²) in [6, 6.07) is 0. The summed E-state index contributed by atoms with van der Waals surface area (Å²) >= 11 is 0. The second-order valence-corrected chi connectivity index (χ2v) is 10.6. The summed E-state index contributed by atoms with van der Waals surface area (Å²) in [4.78, 5) is 28.4. The predicted molar refractivity (Wildman–Crippen MR) is 115 cm³/mol. The fraction of sp³-hybridized carbons (Fsp3) is 0.840. The molecular weight excluding hydrogens is 394 g/mol. The van der Waals surface area contributed by atoms with E-state index in [9.17, 15) is 9.59 Å². The van der Waals surface area contributed by atoms with Crippen LogP contribution in [0.15, 0.2) is 11.1 Å². The Morgan fingerprint density at radius 1 is 1.29 bits per heavy atom. The number of methoxy groups -OCH3 is 1. The number of likely N-dealkylation sites (tertiary alicyclic amines) is 1. The average molecular weight is 432 g/mol. The van der Waals surface area contributed by atoms with Crippen LogP contribution in [0, 0.1) is 28.6 Å². The van der Waals surface area contributed by atoms with Gasteiger partial charge in [0.05, 0.1) is 19.6 Å². The number of rotatable bonds is 4. The van der Waals surface area contributed by atoms with Gasteiger partial charge in [-0.15, -0.1) is 0 Å². The normalized spacial score (nSPS) is 44.5. The first-order valence-corrected chi connectivity index (χ1v) is 12.2. The minimum absolute atomic E-state index is 0.0156. The van der Waals surface area contributed by atoms with Crippen molar-refractivity contribution in [2.45, 2.75) is 64.6 Å². The molecule has 0 aromatic carbocycles. The van der Waals surface area contributed by atoms with Gasteiger partial charge in [0.1, 0.15) is 0 Å². The summed E-state index contributed by atoms with van der Waals surface area (Å²) < 4.78 is 18.0. The molecule has 2 bridgehead atoms. The zero-order chi connectivity index (χ0) is 22.0. The first-order chi connectivity index (χ1) is 14.9. The lowest BCUT2D eigenvalue weighted by molar-refractivity contribution is -0.302. The van der Waals surface area contributed by atoms with E-state index in [2.05, 4.69) is 18.9 Å². The fourth-order valence-corrected chi connectivity index (χ4v) is 8.29. The third kappa shape index (κ3) is 2.80. The number of Topliss-reactive ketones (excluding diaryl/α,β-unsaturated/α-hetero) is 1. The Balaban J connectivity index is 1.63. The number of nitrogens with zero attached hydrogens (tertiary/aromatic N) is 1. The van der Waals surface area contributed by atoms with Gasteiger partial charge in [-0.3, -0.25) is 9.59 Å². The molecule has 3 fully saturated rings. The molecule has 31 heavy (non-hydrogen) atoms. The number of hydrogen-bond acceptors (Lipinski definition) is 6. The molecule has 172 valence electrons. The Morgan fingerprint density at radius 2 is 2.10 bits per heavy atom. The number of esters is 1. The molecule has 5 aliphatic rings. The predicted octanol–water partition coefficient (Wildman–Crippen LogP) is 3.35. The van der Waals surface area contributed by atoms with Crippen LogP contribution in [0.3, 0.4) is 0 Å². The van der Waals surface area contributed by atoms with Gasteiger partial charge in [0, 0.05) is 49.3 Å². The maximum atomic E-state index is 13.1. The molecule has 6 nitrogen and oxygen atoms in total. The minimum atomic E-state index is -0.494. The van der Waals surface area contributed by atoms with Crippen LogP contribution >= 0.6 is 0 Å². The zero-order valence-electron chi connectivity index (χ0n) is 19.5. The van der Waals surface area contributed by atoms with Gasteiger partial charge >= 0.3 is 5.97 Å². The highest BCUT2D eigenvalue weighted by atomic mass is 16.7. The standard InChI is InChI=1S/C25H37NO5/c1-5-25(30-6-2)10-9-23(15-31-25)16-7-8-17-20(27)11-18-19(22(28)29-4)12-24(23,21(17)18)14-26(3)13-16/h16,18-19H,5-15H2,1-4H3/t16-,18-,19-,23+,24-,25-/m1/s1. The molecule has 3 aliphatic carbocycles. The van der Waals surface area contributed by atoms with E-state index in [4.69, 9.17) is 14.2 Å². The number of piperidine rings is 1. The van der Waals surface area contributed by atoms with E-state index in [1.54, 1.807) is 0 Å². The summed E-state index contributed by atoms with van der Waals surface area (Å²) in [6.45, 7) is 7.41. The van der Waals surface area contributed by atoms with Gasteiger partial charge in [0.25, 0.3) is 0 Å². The van der Waals surface area contributed by atoms with Crippen molar-refractivity contribution in [3.63, 3.8) is 0 Å². The maximum Gasteiger partial charge on any atom is 0.309 e. The van der Waals surface area contributed by atoms with Crippen molar-refractivity contribution in [3.8, 4) is 0 Å². The Hall–Kier alpha value is -1.24. The molecule has 0 radical (unpaired) electrons. The number of allylic oxidation sites excluding steroid dienone is 1. The van der Waals surface area contributed by atoms with E-state index in [0.29, 0.717) is 25.6 Å². The van der Waals surface area contributed by atoms with Crippen molar-refractivity contribution in [3.05, 3.63) is 11.1 Å². The van der Waals surface area contributed by atoms with Gasteiger partial charge in [-0.25, -0.2) is 0 Å². The Labute approximate surface area is 185 Å². The molecule has 5 rings (SSSR count). The van der Waals surface area contributed by atoms with Crippen molar-refractivity contribution in [2.75, 3.05) is 40.5 Å². The Kier molecular flexibility index (Phi) is 5.15. The SMILES string of the molecule is CCO[C@@]1(CC)CC[C@]2(CO1)[C@@H]1CCC3=C4[C@H](CC3=O)[C@H](C(=O)OC)C[C@@]42CN(C)C1. The lowest BCUT2D eigenvalue weighted by Crippen LogP contribution is -2.64. The number of ether oxygens (including phenoxy) is 3. The van der Waals surface area contributed by atoms with Gasteiger partial charge in [-0.05, 0) is 57.6 Å². The van der Waals surface area contributed by atoms with Crippen LogP contribution in [-0.4, -0.2) is 62.9 Å². The monoisotopic (exact) mass is 431 g/mol. The quantitative estimate of drug-likeness (QED) is 0.636. The highest BCUT2D eigenvalue weighted by molar-refractivity contribution is 6.01. The lowest BCUT2D eigenvalue weighted by Gasteiger charge is -2.62. The molecule has 2 saturated heterocycles. The largest absolute Gasteiger partial charge is 0.469 e. The van der Waals surface area contributed by atoms with E-state index in [0.717, 1.165) is 57.2 Å². The fourth-order valence-electron chi connectivity index (χ4n) is 8.29. The summed E-state index contributed by atoms with van der Waals surface area (Å²) in [5, 5.41) is 0. The molecule has 2 heterocycles. The van der Waals surface area contributed by atoms with Crippen molar-refractivity contribution >= 4 is 11.8 Å². The summed E-state index contributed by atoms with van der Waals surface area (Å²) in [5.74, 6) is -0.116. The molecule has 6 atom stereocenters. The summed E-state index contributed by atoms with van der Waals surface area (Å²) in [6.07, 6.45) is 5.90. The molecule has 0 aromatic heterocycles. The number of hydrogen-bond donors (Lipinski definition) is 0. The van der Waals surface area contributed by atoms with Crippen LogP contribution < -0.4 is 0 Å². The molecule has 1 saturated carbocycles. The van der Waals surface area contributed by atoms with Crippen molar-refractivity contribution in [2.24, 2.45) is 28.6 Å². The van der Waals surface area contributed by atoms with Gasteiger partial charge < -0.3 is 19.1 Å². The van der Waals surface area contributed by atoms with Crippen LogP contribution in [0.1, 0.15) is 58.8 Å². The second-order valence-electron chi connectivity index (χ2n) is 10.6. The van der Waals surface area contributed by atoms with Crippen molar-refractivity contribution < 1.29 is 23.8 Å². The topological polar surface area (TPSA) is 65.1 Å². The molecule has 6 heteroatoms. The van der Waals surface area contributed by atoms with E-state index in [1.807, 2.05) is 6.92 Å². The van der Waals surface area contributed by atoms with Crippen LogP contribution in [0.4, 0.5) is 0 Å². The highest BCUT2D eigenvalue weighted by Crippen LogP contribution is 2.71. The Morgan fingerprint density at radius 3 is 2.74 bits per heavy atom. The van der Waals surface area contributed by atoms with E-state index >= 15 is 0 Å². The van der Waals surface area contributed by atoms with Crippen LogP contribution in [0.2, 0.25) is 0 Å². The van der Waals surface area contributed by atoms with E-state index in [1.165, 1.54) is 12.7 Å². The van der Waals surface area contributed by atoms with Crippen molar-refractivity contribution in [1.82, 2.24) is 4.90 Å². The third-order valence-electron chi connectivity index (χ3n) is 9.55.